The Kier molecular flexibility index (Phi) is 4.30. The molecule has 0 radical (unpaired) electrons. The molecule has 0 aliphatic heterocycles. The van der Waals surface area contributed by atoms with Crippen molar-refractivity contribution in [2.75, 3.05) is 0 Å². The second-order valence-electron chi connectivity index (χ2n) is 3.58. The smallest absolute Gasteiger partial charge is 0.273 e. The van der Waals surface area contributed by atoms with E-state index >= 15 is 0 Å². The van der Waals surface area contributed by atoms with Crippen LogP contribution in [0.2, 0.25) is 0 Å². The van der Waals surface area contributed by atoms with E-state index in [-0.39, 0.29) is 17.7 Å². The Morgan fingerprint density at radius 2 is 2.13 bits per heavy atom. The number of thiophene rings is 1. The molecule has 5 heteroatoms. The van der Waals surface area contributed by atoms with Gasteiger partial charge in [-0.1, -0.05) is 19.9 Å². The number of amides is 2. The van der Waals surface area contributed by atoms with Crippen LogP contribution in [-0.2, 0) is 4.79 Å². The highest BCUT2D eigenvalue weighted by Crippen LogP contribution is 2.07. The van der Waals surface area contributed by atoms with Crippen molar-refractivity contribution in [3.05, 3.63) is 22.4 Å². The highest BCUT2D eigenvalue weighted by molar-refractivity contribution is 7.12. The summed E-state index contributed by atoms with van der Waals surface area (Å²) in [6.07, 6.45) is 0.407. The van der Waals surface area contributed by atoms with Crippen molar-refractivity contribution in [3.8, 4) is 0 Å². The lowest BCUT2D eigenvalue weighted by molar-refractivity contribution is -0.122. The number of rotatable bonds is 3. The highest BCUT2D eigenvalue weighted by Gasteiger charge is 2.08. The summed E-state index contributed by atoms with van der Waals surface area (Å²) in [7, 11) is 0. The maximum atomic E-state index is 11.4. The van der Waals surface area contributed by atoms with Crippen LogP contribution < -0.4 is 10.9 Å². The molecule has 82 valence electrons. The molecule has 0 saturated heterocycles. The molecular formula is C10H14N2O2S. The van der Waals surface area contributed by atoms with Crippen LogP contribution in [0.3, 0.4) is 0 Å². The molecule has 2 amide bonds. The van der Waals surface area contributed by atoms with E-state index < -0.39 is 0 Å². The fraction of sp³-hybridized carbons (Fsp3) is 0.400. The summed E-state index contributed by atoms with van der Waals surface area (Å²) in [5.74, 6) is -0.166. The third-order valence-electron chi connectivity index (χ3n) is 1.65. The number of carbonyl (C=O) groups excluding carboxylic acids is 2. The van der Waals surface area contributed by atoms with Gasteiger partial charge < -0.3 is 0 Å². The van der Waals surface area contributed by atoms with Gasteiger partial charge in [-0.25, -0.2) is 0 Å². The van der Waals surface area contributed by atoms with Gasteiger partial charge in [-0.2, -0.15) is 0 Å². The van der Waals surface area contributed by atoms with E-state index in [0.29, 0.717) is 11.3 Å². The molecule has 0 unspecified atom stereocenters. The van der Waals surface area contributed by atoms with Crippen LogP contribution in [0.5, 0.6) is 0 Å². The van der Waals surface area contributed by atoms with Crippen molar-refractivity contribution in [1.29, 1.82) is 0 Å². The molecule has 0 bridgehead atoms. The van der Waals surface area contributed by atoms with Gasteiger partial charge in [-0.15, -0.1) is 11.3 Å². The fourth-order valence-corrected chi connectivity index (χ4v) is 1.64. The molecule has 15 heavy (non-hydrogen) atoms. The van der Waals surface area contributed by atoms with Gasteiger partial charge in [-0.3, -0.25) is 20.4 Å². The lowest BCUT2D eigenvalue weighted by Crippen LogP contribution is -2.41. The molecule has 0 fully saturated rings. The van der Waals surface area contributed by atoms with E-state index in [1.807, 2.05) is 19.2 Å². The lowest BCUT2D eigenvalue weighted by Gasteiger charge is -2.07. The molecule has 4 nitrogen and oxygen atoms in total. The molecule has 0 atom stereocenters. The van der Waals surface area contributed by atoms with Crippen LogP contribution in [0, 0.1) is 5.92 Å². The highest BCUT2D eigenvalue weighted by atomic mass is 32.1. The Bertz CT molecular complexity index is 333. The number of hydrogen-bond donors (Lipinski definition) is 2. The maximum absolute atomic E-state index is 11.4. The van der Waals surface area contributed by atoms with Gasteiger partial charge in [-0.05, 0) is 17.4 Å². The minimum absolute atomic E-state index is 0.171. The van der Waals surface area contributed by atoms with Gasteiger partial charge in [0.1, 0.15) is 0 Å². The quantitative estimate of drug-likeness (QED) is 0.768. The van der Waals surface area contributed by atoms with Gasteiger partial charge in [0.15, 0.2) is 0 Å². The molecule has 0 saturated carbocycles. The zero-order chi connectivity index (χ0) is 11.3. The van der Waals surface area contributed by atoms with Crippen molar-refractivity contribution in [1.82, 2.24) is 10.9 Å². The van der Waals surface area contributed by atoms with Crippen LogP contribution >= 0.6 is 11.3 Å². The SMILES string of the molecule is CC(C)CC(=O)NNC(=O)c1cccs1. The molecule has 0 aliphatic rings. The van der Waals surface area contributed by atoms with Gasteiger partial charge >= 0.3 is 0 Å². The summed E-state index contributed by atoms with van der Waals surface area (Å²) in [6.45, 7) is 3.89. The topological polar surface area (TPSA) is 58.2 Å². The molecule has 1 rings (SSSR count). The largest absolute Gasteiger partial charge is 0.279 e. The zero-order valence-electron chi connectivity index (χ0n) is 8.74. The predicted octanol–water partition coefficient (Wildman–Crippen LogP) is 1.56. The molecule has 2 N–H and O–H groups in total. The van der Waals surface area contributed by atoms with E-state index in [0.717, 1.165) is 0 Å². The summed E-state index contributed by atoms with van der Waals surface area (Å²) < 4.78 is 0. The lowest BCUT2D eigenvalue weighted by atomic mass is 10.1. The van der Waals surface area contributed by atoms with Crippen molar-refractivity contribution in [2.24, 2.45) is 5.92 Å². The van der Waals surface area contributed by atoms with Crippen LogP contribution in [-0.4, -0.2) is 11.8 Å². The first-order valence-electron chi connectivity index (χ1n) is 4.72. The standard InChI is InChI=1S/C10H14N2O2S/c1-7(2)6-9(13)11-12-10(14)8-4-3-5-15-8/h3-5,7H,6H2,1-2H3,(H,11,13)(H,12,14). The fourth-order valence-electron chi connectivity index (χ4n) is 1.02. The van der Waals surface area contributed by atoms with Crippen LogP contribution in [0.25, 0.3) is 0 Å². The minimum Gasteiger partial charge on any atom is -0.273 e. The van der Waals surface area contributed by atoms with Gasteiger partial charge in [0.25, 0.3) is 5.91 Å². The summed E-state index contributed by atoms with van der Waals surface area (Å²) in [4.78, 5) is 23.2. The average molecular weight is 226 g/mol. The summed E-state index contributed by atoms with van der Waals surface area (Å²) >= 11 is 1.33. The minimum atomic E-state index is -0.276. The van der Waals surface area contributed by atoms with E-state index in [4.69, 9.17) is 0 Å². The Balaban J connectivity index is 2.32. The van der Waals surface area contributed by atoms with Crippen LogP contribution in [0.4, 0.5) is 0 Å². The molecule has 1 aromatic heterocycles. The third kappa shape index (κ3) is 4.12. The Morgan fingerprint density at radius 1 is 1.40 bits per heavy atom. The summed E-state index contributed by atoms with van der Waals surface area (Å²) in [5, 5.41) is 1.81. The first-order chi connectivity index (χ1) is 7.09. The molecule has 0 aliphatic carbocycles. The van der Waals surface area contributed by atoms with Gasteiger partial charge in [0, 0.05) is 6.42 Å². The summed E-state index contributed by atoms with van der Waals surface area (Å²) in [6, 6.07) is 3.49. The Hall–Kier alpha value is -1.36. The average Bonchev–Trinajstić information content (AvgIpc) is 2.65. The zero-order valence-corrected chi connectivity index (χ0v) is 9.56. The molecular weight excluding hydrogens is 212 g/mol. The van der Waals surface area contributed by atoms with E-state index in [2.05, 4.69) is 10.9 Å². The van der Waals surface area contributed by atoms with Gasteiger partial charge in [0.05, 0.1) is 4.88 Å². The van der Waals surface area contributed by atoms with E-state index in [1.54, 1.807) is 12.1 Å². The summed E-state index contributed by atoms with van der Waals surface area (Å²) in [5.41, 5.74) is 4.73. The number of nitrogens with one attached hydrogen (secondary N) is 2. The first-order valence-corrected chi connectivity index (χ1v) is 5.60. The number of carbonyl (C=O) groups is 2. The maximum Gasteiger partial charge on any atom is 0.279 e. The third-order valence-corrected chi connectivity index (χ3v) is 2.52. The van der Waals surface area contributed by atoms with Crippen LogP contribution in [0.15, 0.2) is 17.5 Å². The van der Waals surface area contributed by atoms with Crippen molar-refractivity contribution >= 4 is 23.2 Å². The van der Waals surface area contributed by atoms with Crippen molar-refractivity contribution < 1.29 is 9.59 Å². The van der Waals surface area contributed by atoms with Gasteiger partial charge in [0.2, 0.25) is 5.91 Å². The normalized spacial score (nSPS) is 10.1. The molecule has 0 aromatic carbocycles. The van der Waals surface area contributed by atoms with Crippen molar-refractivity contribution in [2.45, 2.75) is 20.3 Å². The van der Waals surface area contributed by atoms with E-state index in [1.165, 1.54) is 11.3 Å². The first kappa shape index (κ1) is 11.7. The second-order valence-corrected chi connectivity index (χ2v) is 4.53. The Labute approximate surface area is 92.7 Å². The molecule has 0 spiro atoms. The molecule has 1 aromatic rings. The number of hydrazine groups is 1. The second kappa shape index (κ2) is 5.50. The monoisotopic (exact) mass is 226 g/mol. The predicted molar refractivity (Wildman–Crippen MR) is 59.4 cm³/mol. The number of hydrogen-bond acceptors (Lipinski definition) is 3. The van der Waals surface area contributed by atoms with E-state index in [9.17, 15) is 9.59 Å². The van der Waals surface area contributed by atoms with Crippen LogP contribution in [0.1, 0.15) is 29.9 Å². The van der Waals surface area contributed by atoms with Crippen molar-refractivity contribution in [3.63, 3.8) is 0 Å². The Morgan fingerprint density at radius 3 is 2.67 bits per heavy atom. The molecule has 1 heterocycles.